The summed E-state index contributed by atoms with van der Waals surface area (Å²) in [6.07, 6.45) is 0. The molecule has 86 valence electrons. The van der Waals surface area contributed by atoms with E-state index in [1.807, 2.05) is 0 Å². The van der Waals surface area contributed by atoms with Gasteiger partial charge in [0.2, 0.25) is 5.91 Å². The number of aryl methyl sites for hydroxylation is 1. The molecular formula is C11H12F2N2O. The van der Waals surface area contributed by atoms with Crippen molar-refractivity contribution in [2.45, 2.75) is 6.92 Å². The second-order valence-electron chi connectivity index (χ2n) is 3.77. The van der Waals surface area contributed by atoms with Crippen LogP contribution in [0.3, 0.4) is 0 Å². The molecule has 1 N–H and O–H groups in total. The van der Waals surface area contributed by atoms with Crippen LogP contribution in [0.1, 0.15) is 5.56 Å². The summed E-state index contributed by atoms with van der Waals surface area (Å²) >= 11 is 0. The lowest BCUT2D eigenvalue weighted by molar-refractivity contribution is -0.118. The number of hydrogen-bond acceptors (Lipinski definition) is 2. The summed E-state index contributed by atoms with van der Waals surface area (Å²) in [6, 6.07) is 2.19. The molecule has 1 fully saturated rings. The molecule has 1 aromatic rings. The molecule has 3 nitrogen and oxygen atoms in total. The van der Waals surface area contributed by atoms with Crippen molar-refractivity contribution in [2.75, 3.05) is 24.5 Å². The maximum Gasteiger partial charge on any atom is 0.241 e. The van der Waals surface area contributed by atoms with E-state index < -0.39 is 11.6 Å². The number of hydrogen-bond donors (Lipinski definition) is 1. The zero-order chi connectivity index (χ0) is 11.7. The van der Waals surface area contributed by atoms with Gasteiger partial charge in [-0.25, -0.2) is 8.78 Å². The molecule has 1 aliphatic rings. The van der Waals surface area contributed by atoms with Crippen LogP contribution < -0.4 is 10.2 Å². The number of piperazine rings is 1. The molecule has 2 rings (SSSR count). The van der Waals surface area contributed by atoms with Crippen LogP contribution in [0, 0.1) is 18.6 Å². The normalized spacial score (nSPS) is 16.7. The number of nitrogens with one attached hydrogen (secondary N) is 1. The number of benzene rings is 1. The molecule has 0 aliphatic carbocycles. The maximum absolute atomic E-state index is 13.6. The van der Waals surface area contributed by atoms with Gasteiger partial charge >= 0.3 is 0 Å². The quantitative estimate of drug-likeness (QED) is 0.780. The van der Waals surface area contributed by atoms with Gasteiger partial charge in [0.25, 0.3) is 0 Å². The Morgan fingerprint density at radius 2 is 2.06 bits per heavy atom. The Bertz CT molecular complexity index is 434. The average molecular weight is 226 g/mol. The second-order valence-corrected chi connectivity index (χ2v) is 3.77. The fourth-order valence-electron chi connectivity index (χ4n) is 1.70. The van der Waals surface area contributed by atoms with E-state index in [-0.39, 0.29) is 23.7 Å². The van der Waals surface area contributed by atoms with Gasteiger partial charge in [-0.3, -0.25) is 4.79 Å². The van der Waals surface area contributed by atoms with Crippen molar-refractivity contribution in [1.29, 1.82) is 0 Å². The third-order valence-electron chi connectivity index (χ3n) is 2.61. The smallest absolute Gasteiger partial charge is 0.241 e. The van der Waals surface area contributed by atoms with Crippen molar-refractivity contribution in [3.63, 3.8) is 0 Å². The molecule has 0 saturated carbocycles. The minimum Gasteiger partial charge on any atom is -0.307 e. The van der Waals surface area contributed by atoms with Crippen LogP contribution in [0.4, 0.5) is 14.5 Å². The first-order valence-electron chi connectivity index (χ1n) is 5.06. The lowest BCUT2D eigenvalue weighted by Crippen LogP contribution is -2.48. The van der Waals surface area contributed by atoms with E-state index in [0.717, 1.165) is 12.1 Å². The maximum atomic E-state index is 13.6. The van der Waals surface area contributed by atoms with E-state index in [1.54, 1.807) is 0 Å². The third kappa shape index (κ3) is 1.90. The highest BCUT2D eigenvalue weighted by Crippen LogP contribution is 2.23. The Kier molecular flexibility index (Phi) is 2.87. The Balaban J connectivity index is 2.39. The Morgan fingerprint density at radius 3 is 2.75 bits per heavy atom. The molecule has 0 atom stereocenters. The van der Waals surface area contributed by atoms with E-state index in [4.69, 9.17) is 0 Å². The van der Waals surface area contributed by atoms with Gasteiger partial charge in [0.1, 0.15) is 11.6 Å². The highest BCUT2D eigenvalue weighted by molar-refractivity contribution is 5.95. The summed E-state index contributed by atoms with van der Waals surface area (Å²) in [5.74, 6) is -1.30. The van der Waals surface area contributed by atoms with Crippen LogP contribution in [-0.4, -0.2) is 25.5 Å². The van der Waals surface area contributed by atoms with Crippen LogP contribution in [0.15, 0.2) is 12.1 Å². The first-order valence-corrected chi connectivity index (χ1v) is 5.06. The van der Waals surface area contributed by atoms with Crippen LogP contribution in [-0.2, 0) is 4.79 Å². The molecular weight excluding hydrogens is 214 g/mol. The number of halogens is 2. The summed E-state index contributed by atoms with van der Waals surface area (Å²) in [5.41, 5.74) is 0.262. The summed E-state index contributed by atoms with van der Waals surface area (Å²) in [7, 11) is 0. The van der Waals surface area contributed by atoms with E-state index in [2.05, 4.69) is 5.32 Å². The first-order chi connectivity index (χ1) is 7.59. The monoisotopic (exact) mass is 226 g/mol. The molecule has 0 aromatic heterocycles. The second kappa shape index (κ2) is 4.17. The average Bonchev–Trinajstić information content (AvgIpc) is 2.25. The Hall–Kier alpha value is -1.49. The summed E-state index contributed by atoms with van der Waals surface area (Å²) in [6.45, 7) is 2.59. The third-order valence-corrected chi connectivity index (χ3v) is 2.61. The largest absolute Gasteiger partial charge is 0.307 e. The molecule has 0 bridgehead atoms. The zero-order valence-corrected chi connectivity index (χ0v) is 8.89. The van der Waals surface area contributed by atoms with E-state index in [1.165, 1.54) is 11.8 Å². The number of carbonyl (C=O) groups excluding carboxylic acids is 1. The van der Waals surface area contributed by atoms with Crippen molar-refractivity contribution in [2.24, 2.45) is 0 Å². The highest BCUT2D eigenvalue weighted by Gasteiger charge is 2.22. The number of nitrogens with zero attached hydrogens (tertiary/aromatic N) is 1. The van der Waals surface area contributed by atoms with Crippen molar-refractivity contribution < 1.29 is 13.6 Å². The lowest BCUT2D eigenvalue weighted by atomic mass is 10.1. The van der Waals surface area contributed by atoms with Gasteiger partial charge in [-0.2, -0.15) is 0 Å². The van der Waals surface area contributed by atoms with Crippen molar-refractivity contribution in [3.8, 4) is 0 Å². The molecule has 1 saturated heterocycles. The number of anilines is 1. The number of carbonyl (C=O) groups is 1. The Morgan fingerprint density at radius 1 is 1.31 bits per heavy atom. The molecule has 1 aliphatic heterocycles. The van der Waals surface area contributed by atoms with Gasteiger partial charge in [-0.15, -0.1) is 0 Å². The Labute approximate surface area is 92.1 Å². The van der Waals surface area contributed by atoms with Crippen LogP contribution in [0.5, 0.6) is 0 Å². The highest BCUT2D eigenvalue weighted by atomic mass is 19.1. The van der Waals surface area contributed by atoms with Gasteiger partial charge in [0.15, 0.2) is 0 Å². The van der Waals surface area contributed by atoms with Crippen LogP contribution >= 0.6 is 0 Å². The van der Waals surface area contributed by atoms with Gasteiger partial charge < -0.3 is 10.2 Å². The molecule has 5 heteroatoms. The number of rotatable bonds is 1. The van der Waals surface area contributed by atoms with Crippen molar-refractivity contribution in [3.05, 3.63) is 29.3 Å². The molecule has 0 radical (unpaired) electrons. The van der Waals surface area contributed by atoms with Gasteiger partial charge in [0.05, 0.1) is 12.2 Å². The fraction of sp³-hybridized carbons (Fsp3) is 0.364. The standard InChI is InChI=1S/C11H12F2N2O/c1-7-4-9(13)10(5-8(7)12)15-3-2-14-6-11(15)16/h4-5,14H,2-3,6H2,1H3. The molecule has 16 heavy (non-hydrogen) atoms. The topological polar surface area (TPSA) is 32.3 Å². The first kappa shape index (κ1) is 11.0. The van der Waals surface area contributed by atoms with Gasteiger partial charge in [-0.05, 0) is 18.6 Å². The fourth-order valence-corrected chi connectivity index (χ4v) is 1.70. The molecule has 1 amide bonds. The van der Waals surface area contributed by atoms with E-state index in [0.29, 0.717) is 13.1 Å². The van der Waals surface area contributed by atoms with Gasteiger partial charge in [-0.1, -0.05) is 0 Å². The molecule has 1 heterocycles. The summed E-state index contributed by atoms with van der Waals surface area (Å²) in [5, 5.41) is 2.87. The summed E-state index contributed by atoms with van der Waals surface area (Å²) < 4.78 is 26.9. The predicted octanol–water partition coefficient (Wildman–Crippen LogP) is 1.21. The molecule has 0 spiro atoms. The molecule has 1 aromatic carbocycles. The summed E-state index contributed by atoms with van der Waals surface area (Å²) in [4.78, 5) is 12.8. The predicted molar refractivity (Wildman–Crippen MR) is 56.3 cm³/mol. The lowest BCUT2D eigenvalue weighted by Gasteiger charge is -2.27. The minimum absolute atomic E-state index is 0.0228. The van der Waals surface area contributed by atoms with E-state index in [9.17, 15) is 13.6 Å². The zero-order valence-electron chi connectivity index (χ0n) is 8.89. The van der Waals surface area contributed by atoms with Crippen LogP contribution in [0.2, 0.25) is 0 Å². The van der Waals surface area contributed by atoms with E-state index >= 15 is 0 Å². The number of amides is 1. The van der Waals surface area contributed by atoms with Gasteiger partial charge in [0, 0.05) is 19.2 Å². The van der Waals surface area contributed by atoms with Crippen molar-refractivity contribution >= 4 is 11.6 Å². The SMILES string of the molecule is Cc1cc(F)c(N2CCNCC2=O)cc1F. The van der Waals surface area contributed by atoms with Crippen molar-refractivity contribution in [1.82, 2.24) is 5.32 Å². The van der Waals surface area contributed by atoms with Crippen LogP contribution in [0.25, 0.3) is 0 Å². The minimum atomic E-state index is -0.561. The molecule has 0 unspecified atom stereocenters.